The van der Waals surface area contributed by atoms with Gasteiger partial charge in [-0.1, -0.05) is 23.7 Å². The fourth-order valence-corrected chi connectivity index (χ4v) is 2.20. The SMILES string of the molecule is COC[C@H](c1ccc(Cl)cc1)N(C)Cc1ccn[nH]1. The number of aromatic amines is 1. The number of rotatable bonds is 6. The maximum absolute atomic E-state index is 5.93. The number of likely N-dealkylation sites (N-methyl/N-ethyl adjacent to an activating group) is 1. The number of halogens is 1. The molecule has 0 unspecified atom stereocenters. The van der Waals surface area contributed by atoms with Crippen molar-refractivity contribution >= 4 is 11.6 Å². The zero-order valence-electron chi connectivity index (χ0n) is 11.1. The van der Waals surface area contributed by atoms with Gasteiger partial charge in [0.25, 0.3) is 0 Å². The van der Waals surface area contributed by atoms with Crippen LogP contribution in [0.1, 0.15) is 17.3 Å². The molecule has 1 aromatic carbocycles. The largest absolute Gasteiger partial charge is 0.383 e. The van der Waals surface area contributed by atoms with Crippen molar-refractivity contribution in [3.63, 3.8) is 0 Å². The number of methoxy groups -OCH3 is 1. The molecule has 0 saturated carbocycles. The summed E-state index contributed by atoms with van der Waals surface area (Å²) >= 11 is 5.93. The summed E-state index contributed by atoms with van der Waals surface area (Å²) in [6.45, 7) is 1.42. The van der Waals surface area contributed by atoms with Gasteiger partial charge in [-0.15, -0.1) is 0 Å². The van der Waals surface area contributed by atoms with Gasteiger partial charge in [0.2, 0.25) is 0 Å². The lowest BCUT2D eigenvalue weighted by Crippen LogP contribution is -2.27. The Hall–Kier alpha value is -1.36. The summed E-state index contributed by atoms with van der Waals surface area (Å²) in [7, 11) is 3.78. The zero-order chi connectivity index (χ0) is 13.7. The Morgan fingerprint density at radius 3 is 2.63 bits per heavy atom. The fraction of sp³-hybridized carbons (Fsp3) is 0.357. The number of nitrogens with zero attached hydrogens (tertiary/aromatic N) is 2. The molecule has 2 aromatic rings. The monoisotopic (exact) mass is 279 g/mol. The maximum Gasteiger partial charge on any atom is 0.0659 e. The molecule has 1 atom stereocenters. The van der Waals surface area contributed by atoms with E-state index < -0.39 is 0 Å². The number of nitrogens with one attached hydrogen (secondary N) is 1. The Morgan fingerprint density at radius 1 is 1.32 bits per heavy atom. The van der Waals surface area contributed by atoms with Gasteiger partial charge < -0.3 is 4.74 Å². The van der Waals surface area contributed by atoms with Crippen molar-refractivity contribution in [3.05, 3.63) is 52.8 Å². The van der Waals surface area contributed by atoms with Crippen LogP contribution in [0.25, 0.3) is 0 Å². The van der Waals surface area contributed by atoms with Crippen LogP contribution in [0.15, 0.2) is 36.5 Å². The molecule has 0 amide bonds. The maximum atomic E-state index is 5.93. The summed E-state index contributed by atoms with van der Waals surface area (Å²) in [6.07, 6.45) is 1.76. The van der Waals surface area contributed by atoms with Crippen LogP contribution in [0, 0.1) is 0 Å². The second-order valence-electron chi connectivity index (χ2n) is 4.52. The Morgan fingerprint density at radius 2 is 2.05 bits per heavy atom. The van der Waals surface area contributed by atoms with Gasteiger partial charge in [-0.3, -0.25) is 10.00 Å². The summed E-state index contributed by atoms with van der Waals surface area (Å²) < 4.78 is 5.33. The zero-order valence-corrected chi connectivity index (χ0v) is 11.9. The van der Waals surface area contributed by atoms with Crippen LogP contribution < -0.4 is 0 Å². The molecule has 1 N–H and O–H groups in total. The molecule has 0 spiro atoms. The van der Waals surface area contributed by atoms with Gasteiger partial charge in [0, 0.05) is 30.6 Å². The predicted molar refractivity (Wildman–Crippen MR) is 76.1 cm³/mol. The molecule has 19 heavy (non-hydrogen) atoms. The summed E-state index contributed by atoms with van der Waals surface area (Å²) in [5.41, 5.74) is 2.27. The van der Waals surface area contributed by atoms with Gasteiger partial charge in [0.05, 0.1) is 12.6 Å². The molecule has 0 bridgehead atoms. The van der Waals surface area contributed by atoms with Crippen molar-refractivity contribution in [3.8, 4) is 0 Å². The van der Waals surface area contributed by atoms with Gasteiger partial charge >= 0.3 is 0 Å². The summed E-state index contributed by atoms with van der Waals surface area (Å²) in [4.78, 5) is 2.22. The third-order valence-corrected chi connectivity index (χ3v) is 3.34. The molecule has 0 aliphatic heterocycles. The van der Waals surface area contributed by atoms with Gasteiger partial charge in [0.1, 0.15) is 0 Å². The van der Waals surface area contributed by atoms with Crippen LogP contribution in [-0.4, -0.2) is 35.9 Å². The van der Waals surface area contributed by atoms with Crippen LogP contribution in [0.3, 0.4) is 0 Å². The number of ether oxygens (including phenoxy) is 1. The normalized spacial score (nSPS) is 12.8. The van der Waals surface area contributed by atoms with Gasteiger partial charge in [-0.25, -0.2) is 0 Å². The highest BCUT2D eigenvalue weighted by Crippen LogP contribution is 2.22. The summed E-state index contributed by atoms with van der Waals surface area (Å²) in [5, 5.41) is 7.68. The van der Waals surface area contributed by atoms with E-state index in [9.17, 15) is 0 Å². The lowest BCUT2D eigenvalue weighted by atomic mass is 10.1. The predicted octanol–water partition coefficient (Wildman–Crippen LogP) is 2.88. The first kappa shape index (κ1) is 14.1. The quantitative estimate of drug-likeness (QED) is 0.884. The molecule has 5 heteroatoms. The average molecular weight is 280 g/mol. The molecule has 0 aliphatic rings. The summed E-state index contributed by atoms with van der Waals surface area (Å²) in [6, 6.07) is 10.0. The molecular formula is C14H18ClN3O. The third kappa shape index (κ3) is 3.80. The van der Waals surface area contributed by atoms with Crippen LogP contribution in [0.5, 0.6) is 0 Å². The second kappa shape index (κ2) is 6.70. The molecule has 0 radical (unpaired) electrons. The first-order valence-corrected chi connectivity index (χ1v) is 6.51. The standard InChI is InChI=1S/C14H18ClN3O/c1-18(9-13-7-8-16-17-13)14(10-19-2)11-3-5-12(15)6-4-11/h3-8,14H,9-10H2,1-2H3,(H,16,17)/t14-/m1/s1. The molecule has 0 saturated heterocycles. The molecule has 1 heterocycles. The van der Waals surface area contributed by atoms with E-state index >= 15 is 0 Å². The van der Waals surface area contributed by atoms with Gasteiger partial charge in [-0.2, -0.15) is 5.10 Å². The topological polar surface area (TPSA) is 41.1 Å². The number of aromatic nitrogens is 2. The molecule has 2 rings (SSSR count). The molecule has 0 fully saturated rings. The van der Waals surface area contributed by atoms with E-state index in [1.165, 1.54) is 5.56 Å². The second-order valence-corrected chi connectivity index (χ2v) is 4.96. The highest BCUT2D eigenvalue weighted by Gasteiger charge is 2.17. The van der Waals surface area contributed by atoms with Crippen LogP contribution >= 0.6 is 11.6 Å². The molecule has 4 nitrogen and oxygen atoms in total. The lowest BCUT2D eigenvalue weighted by Gasteiger charge is -2.27. The number of hydrogen-bond donors (Lipinski definition) is 1. The Bertz CT molecular complexity index is 484. The number of benzene rings is 1. The van der Waals surface area contributed by atoms with Gasteiger partial charge in [0.15, 0.2) is 0 Å². The highest BCUT2D eigenvalue weighted by molar-refractivity contribution is 6.30. The Labute approximate surface area is 118 Å². The van der Waals surface area contributed by atoms with Crippen LogP contribution in [-0.2, 0) is 11.3 Å². The van der Waals surface area contributed by atoms with Gasteiger partial charge in [-0.05, 0) is 30.8 Å². The van der Waals surface area contributed by atoms with E-state index in [4.69, 9.17) is 16.3 Å². The minimum Gasteiger partial charge on any atom is -0.383 e. The lowest BCUT2D eigenvalue weighted by molar-refractivity contribution is 0.102. The minimum absolute atomic E-state index is 0.186. The Balaban J connectivity index is 2.12. The van der Waals surface area contributed by atoms with E-state index in [1.807, 2.05) is 30.3 Å². The van der Waals surface area contributed by atoms with E-state index in [1.54, 1.807) is 13.3 Å². The fourth-order valence-electron chi connectivity index (χ4n) is 2.07. The Kier molecular flexibility index (Phi) is 4.96. The van der Waals surface area contributed by atoms with Crippen molar-refractivity contribution in [2.75, 3.05) is 20.8 Å². The third-order valence-electron chi connectivity index (χ3n) is 3.09. The van der Waals surface area contributed by atoms with Crippen molar-refractivity contribution < 1.29 is 4.74 Å². The molecule has 1 aromatic heterocycles. The van der Waals surface area contributed by atoms with Crippen molar-refractivity contribution in [2.24, 2.45) is 0 Å². The smallest absolute Gasteiger partial charge is 0.0659 e. The van der Waals surface area contributed by atoms with Crippen LogP contribution in [0.2, 0.25) is 5.02 Å². The van der Waals surface area contributed by atoms with Crippen molar-refractivity contribution in [2.45, 2.75) is 12.6 Å². The van der Waals surface area contributed by atoms with E-state index in [2.05, 4.69) is 22.1 Å². The van der Waals surface area contributed by atoms with E-state index in [0.717, 1.165) is 17.3 Å². The van der Waals surface area contributed by atoms with E-state index in [-0.39, 0.29) is 6.04 Å². The molecule has 0 aliphatic carbocycles. The van der Waals surface area contributed by atoms with Crippen molar-refractivity contribution in [1.29, 1.82) is 0 Å². The summed E-state index contributed by atoms with van der Waals surface area (Å²) in [5.74, 6) is 0. The van der Waals surface area contributed by atoms with E-state index in [0.29, 0.717) is 6.61 Å². The van der Waals surface area contributed by atoms with Crippen molar-refractivity contribution in [1.82, 2.24) is 15.1 Å². The van der Waals surface area contributed by atoms with Crippen LogP contribution in [0.4, 0.5) is 0 Å². The number of H-pyrrole nitrogens is 1. The average Bonchev–Trinajstić information content (AvgIpc) is 2.90. The first-order chi connectivity index (χ1) is 9.20. The number of hydrogen-bond acceptors (Lipinski definition) is 3. The highest BCUT2D eigenvalue weighted by atomic mass is 35.5. The minimum atomic E-state index is 0.186. The first-order valence-electron chi connectivity index (χ1n) is 6.13. The molecular weight excluding hydrogens is 262 g/mol. The molecule has 102 valence electrons.